The number of aliphatic hydroxyl groups is 2. The summed E-state index contributed by atoms with van der Waals surface area (Å²) in [5.74, 6) is -0.633. The molecule has 0 aromatic heterocycles. The van der Waals surface area contributed by atoms with E-state index in [1.165, 1.54) is 0 Å². The van der Waals surface area contributed by atoms with Gasteiger partial charge in [0.1, 0.15) is 0 Å². The minimum atomic E-state index is -0.731. The van der Waals surface area contributed by atoms with Crippen LogP contribution in [0.2, 0.25) is 0 Å². The van der Waals surface area contributed by atoms with Crippen molar-refractivity contribution in [2.45, 2.75) is 19.4 Å². The number of halogens is 2. The van der Waals surface area contributed by atoms with Gasteiger partial charge in [0.05, 0.1) is 34.1 Å². The molecule has 0 fully saturated rings. The first-order chi connectivity index (χ1) is 10.8. The van der Waals surface area contributed by atoms with Gasteiger partial charge in [-0.2, -0.15) is 0 Å². The van der Waals surface area contributed by atoms with Crippen LogP contribution in [0.1, 0.15) is 22.3 Å². The molecular weight excluding hydrogens is 528 g/mol. The van der Waals surface area contributed by atoms with Crippen LogP contribution in [0, 0.1) is 14.1 Å². The highest BCUT2D eigenvalue weighted by atomic mass is 127. The van der Waals surface area contributed by atoms with Crippen LogP contribution in [0.15, 0.2) is 6.07 Å². The Bertz CT molecular complexity index is 592. The van der Waals surface area contributed by atoms with Crippen molar-refractivity contribution in [3.8, 4) is 0 Å². The molecule has 0 bridgehead atoms. The van der Waals surface area contributed by atoms with Gasteiger partial charge in [0.15, 0.2) is 0 Å². The van der Waals surface area contributed by atoms with Crippen molar-refractivity contribution in [1.29, 1.82) is 0 Å². The highest BCUT2D eigenvalue weighted by Gasteiger charge is 2.22. The topological polar surface area (TPSA) is 125 Å². The molecule has 1 aromatic rings. The van der Waals surface area contributed by atoms with Crippen LogP contribution in [0.5, 0.6) is 0 Å². The Morgan fingerprint density at radius 1 is 1.30 bits per heavy atom. The minimum absolute atomic E-state index is 0.195. The number of benzene rings is 1. The lowest BCUT2D eigenvalue weighted by molar-refractivity contribution is -0.116. The van der Waals surface area contributed by atoms with E-state index in [1.54, 1.807) is 6.07 Å². The number of nitrogens with two attached hydrogens (primary N) is 1. The maximum Gasteiger partial charge on any atom is 0.253 e. The number of hydrogen-bond acceptors (Lipinski definition) is 5. The third-order valence-electron chi connectivity index (χ3n) is 3.05. The van der Waals surface area contributed by atoms with Gasteiger partial charge in [0.2, 0.25) is 5.91 Å². The molecule has 0 aliphatic carbocycles. The largest absolute Gasteiger partial charge is 0.394 e. The van der Waals surface area contributed by atoms with Gasteiger partial charge in [-0.05, 0) is 63.7 Å². The summed E-state index contributed by atoms with van der Waals surface area (Å²) in [6.45, 7) is 1.37. The van der Waals surface area contributed by atoms with Crippen molar-refractivity contribution in [2.75, 3.05) is 25.1 Å². The second-order valence-corrected chi connectivity index (χ2v) is 7.10. The predicted molar refractivity (Wildman–Crippen MR) is 104 cm³/mol. The molecule has 0 saturated heterocycles. The molecule has 0 aliphatic heterocycles. The van der Waals surface area contributed by atoms with E-state index < -0.39 is 11.9 Å². The number of aryl methyl sites for hydroxylation is 1. The molecule has 0 aliphatic rings. The molecule has 6 N–H and O–H groups in total. The molecule has 0 heterocycles. The fraction of sp³-hybridized carbons (Fsp3) is 0.429. The summed E-state index contributed by atoms with van der Waals surface area (Å²) in [6.07, 6.45) is 0.195. The molecule has 0 spiro atoms. The fourth-order valence-corrected chi connectivity index (χ4v) is 4.43. The molecule has 0 saturated carbocycles. The number of carbonyl (C=O) groups is 2. The lowest BCUT2D eigenvalue weighted by Crippen LogP contribution is -2.40. The molecule has 9 heteroatoms. The van der Waals surface area contributed by atoms with E-state index >= 15 is 0 Å². The fourth-order valence-electron chi connectivity index (χ4n) is 1.84. The minimum Gasteiger partial charge on any atom is -0.394 e. The Morgan fingerprint density at radius 2 is 1.91 bits per heavy atom. The van der Waals surface area contributed by atoms with E-state index in [4.69, 9.17) is 15.9 Å². The molecule has 0 unspecified atom stereocenters. The molecule has 0 radical (unpaired) electrons. The number of nitrogens with one attached hydrogen (secondary N) is 2. The van der Waals surface area contributed by atoms with Crippen LogP contribution in [0.25, 0.3) is 0 Å². The van der Waals surface area contributed by atoms with Crippen molar-refractivity contribution in [3.63, 3.8) is 0 Å². The Morgan fingerprint density at radius 3 is 2.43 bits per heavy atom. The normalized spacial score (nSPS) is 10.7. The molecule has 1 aromatic carbocycles. The highest BCUT2D eigenvalue weighted by Crippen LogP contribution is 2.30. The van der Waals surface area contributed by atoms with E-state index in [0.717, 1.165) is 5.56 Å². The molecule has 7 nitrogen and oxygen atoms in total. The number of carbonyl (C=O) groups excluding carboxylic acids is 2. The van der Waals surface area contributed by atoms with E-state index in [2.05, 4.69) is 10.6 Å². The van der Waals surface area contributed by atoms with Crippen molar-refractivity contribution >= 4 is 62.7 Å². The number of hydrogen-bond donors (Lipinski definition) is 5. The lowest BCUT2D eigenvalue weighted by atomic mass is 10.1. The third kappa shape index (κ3) is 5.52. The second-order valence-electron chi connectivity index (χ2n) is 4.86. The summed E-state index contributed by atoms with van der Waals surface area (Å²) in [7, 11) is 0. The van der Waals surface area contributed by atoms with Gasteiger partial charge in [0.25, 0.3) is 5.91 Å². The van der Waals surface area contributed by atoms with Crippen molar-refractivity contribution in [3.05, 3.63) is 24.3 Å². The van der Waals surface area contributed by atoms with Crippen LogP contribution in [-0.2, 0) is 4.79 Å². The third-order valence-corrected chi connectivity index (χ3v) is 4.98. The average Bonchev–Trinajstić information content (AvgIpc) is 2.49. The number of aliphatic hydroxyl groups excluding tert-OH is 2. The highest BCUT2D eigenvalue weighted by molar-refractivity contribution is 14.1. The van der Waals surface area contributed by atoms with Crippen LogP contribution >= 0.6 is 45.2 Å². The number of amides is 2. The average molecular weight is 547 g/mol. The Balaban J connectivity index is 3.17. The van der Waals surface area contributed by atoms with Crippen LogP contribution < -0.4 is 16.4 Å². The monoisotopic (exact) mass is 547 g/mol. The Kier molecular flexibility index (Phi) is 8.68. The van der Waals surface area contributed by atoms with Crippen LogP contribution in [0.3, 0.4) is 0 Å². The zero-order chi connectivity index (χ0) is 17.6. The van der Waals surface area contributed by atoms with Crippen molar-refractivity contribution in [1.82, 2.24) is 5.32 Å². The maximum atomic E-state index is 12.4. The lowest BCUT2D eigenvalue weighted by Gasteiger charge is -2.18. The van der Waals surface area contributed by atoms with E-state index in [-0.39, 0.29) is 32.1 Å². The second kappa shape index (κ2) is 9.71. The van der Waals surface area contributed by atoms with Gasteiger partial charge >= 0.3 is 0 Å². The summed E-state index contributed by atoms with van der Waals surface area (Å²) in [5.41, 5.74) is 7.17. The molecule has 2 amide bonds. The molecule has 1 rings (SSSR count). The van der Waals surface area contributed by atoms with Crippen molar-refractivity contribution < 1.29 is 19.8 Å². The van der Waals surface area contributed by atoms with E-state index in [9.17, 15) is 9.59 Å². The van der Waals surface area contributed by atoms with Gasteiger partial charge in [-0.15, -0.1) is 0 Å². The first-order valence-corrected chi connectivity index (χ1v) is 9.02. The Labute approximate surface area is 161 Å². The standard InChI is InChI=1S/C14H19I2N3O4/c1-7-4-9(15)11(14(23)18-8(5-20)6-21)12(16)13(7)19-10(22)2-3-17/h4,8,20-21H,2-3,5-6,17H2,1H3,(H,18,23)(H,19,22). The van der Waals surface area contributed by atoms with E-state index in [0.29, 0.717) is 18.4 Å². The van der Waals surface area contributed by atoms with Gasteiger partial charge in [-0.3, -0.25) is 9.59 Å². The SMILES string of the molecule is Cc1cc(I)c(C(=O)NC(CO)CO)c(I)c1NC(=O)CCN. The quantitative estimate of drug-likeness (QED) is 0.320. The zero-order valence-corrected chi connectivity index (χ0v) is 16.8. The van der Waals surface area contributed by atoms with Crippen LogP contribution in [0.4, 0.5) is 5.69 Å². The molecular formula is C14H19I2N3O4. The molecule has 0 atom stereocenters. The molecule has 128 valence electrons. The van der Waals surface area contributed by atoms with Gasteiger partial charge in [0, 0.05) is 16.5 Å². The summed E-state index contributed by atoms with van der Waals surface area (Å²) >= 11 is 4.04. The van der Waals surface area contributed by atoms with Gasteiger partial charge in [-0.1, -0.05) is 0 Å². The summed E-state index contributed by atoms with van der Waals surface area (Å²) in [5, 5.41) is 23.5. The number of anilines is 1. The van der Waals surface area contributed by atoms with Crippen molar-refractivity contribution in [2.24, 2.45) is 5.73 Å². The first kappa shape index (κ1) is 20.5. The first-order valence-electron chi connectivity index (χ1n) is 6.86. The summed E-state index contributed by atoms with van der Waals surface area (Å²) < 4.78 is 1.32. The van der Waals surface area contributed by atoms with Crippen LogP contribution in [-0.4, -0.2) is 47.8 Å². The van der Waals surface area contributed by atoms with E-state index in [1.807, 2.05) is 52.1 Å². The Hall–Kier alpha value is -0.500. The smallest absolute Gasteiger partial charge is 0.253 e. The maximum absolute atomic E-state index is 12.4. The molecule has 23 heavy (non-hydrogen) atoms. The summed E-state index contributed by atoms with van der Waals surface area (Å²) in [4.78, 5) is 24.2. The van der Waals surface area contributed by atoms with Gasteiger partial charge in [-0.25, -0.2) is 0 Å². The predicted octanol–water partition coefficient (Wildman–Crippen LogP) is 0.575. The summed E-state index contributed by atoms with van der Waals surface area (Å²) in [6, 6.07) is 1.06. The zero-order valence-electron chi connectivity index (χ0n) is 12.5. The number of rotatable bonds is 7. The van der Waals surface area contributed by atoms with Gasteiger partial charge < -0.3 is 26.6 Å².